The number of hydrogen-bond acceptors (Lipinski definition) is 2. The van der Waals surface area contributed by atoms with Gasteiger partial charge in [-0.05, 0) is 30.2 Å². The average Bonchev–Trinajstić information content (AvgIpc) is 2.09. The first-order chi connectivity index (χ1) is 6.56. The highest BCUT2D eigenvalue weighted by atomic mass is 35.5. The summed E-state index contributed by atoms with van der Waals surface area (Å²) in [6, 6.07) is 2.79. The van der Waals surface area contributed by atoms with Crippen molar-refractivity contribution in [3.8, 4) is 0 Å². The van der Waals surface area contributed by atoms with E-state index in [1.54, 1.807) is 6.92 Å². The summed E-state index contributed by atoms with van der Waals surface area (Å²) >= 11 is 5.67. The predicted octanol–water partition coefficient (Wildman–Crippen LogP) is 3.29. The second-order valence-corrected chi connectivity index (χ2v) is 3.05. The standard InChI is InChI=1S/C8H6ClN3O2/c1-4-2-5(9)3-6(8(13)14)7(4)11-12-10/h2-3H,1H3,(H,13,14). The van der Waals surface area contributed by atoms with E-state index in [4.69, 9.17) is 22.2 Å². The topological polar surface area (TPSA) is 86.1 Å². The van der Waals surface area contributed by atoms with Gasteiger partial charge in [-0.15, -0.1) is 0 Å². The quantitative estimate of drug-likeness (QED) is 0.462. The maximum atomic E-state index is 10.8. The van der Waals surface area contributed by atoms with Crippen molar-refractivity contribution >= 4 is 23.3 Å². The Bertz CT molecular complexity index is 438. The Morgan fingerprint density at radius 3 is 2.79 bits per heavy atom. The Balaban J connectivity index is 3.51. The van der Waals surface area contributed by atoms with E-state index in [2.05, 4.69) is 10.0 Å². The van der Waals surface area contributed by atoms with Gasteiger partial charge in [-0.1, -0.05) is 16.7 Å². The van der Waals surface area contributed by atoms with Gasteiger partial charge in [0.15, 0.2) is 0 Å². The third-order valence-electron chi connectivity index (χ3n) is 1.64. The van der Waals surface area contributed by atoms with Crippen LogP contribution in [0.5, 0.6) is 0 Å². The van der Waals surface area contributed by atoms with Crippen molar-refractivity contribution in [3.63, 3.8) is 0 Å². The molecule has 0 amide bonds. The van der Waals surface area contributed by atoms with E-state index in [-0.39, 0.29) is 11.3 Å². The van der Waals surface area contributed by atoms with E-state index < -0.39 is 5.97 Å². The van der Waals surface area contributed by atoms with Gasteiger partial charge in [0.05, 0.1) is 11.3 Å². The SMILES string of the molecule is Cc1cc(Cl)cc(C(=O)O)c1N=[N+]=[N-]. The van der Waals surface area contributed by atoms with Gasteiger partial charge in [0.2, 0.25) is 0 Å². The number of hydrogen-bond donors (Lipinski definition) is 1. The molecule has 14 heavy (non-hydrogen) atoms. The lowest BCUT2D eigenvalue weighted by atomic mass is 10.1. The van der Waals surface area contributed by atoms with Crippen LogP contribution in [0.3, 0.4) is 0 Å². The molecule has 72 valence electrons. The molecule has 0 heterocycles. The number of rotatable bonds is 2. The smallest absolute Gasteiger partial charge is 0.336 e. The Kier molecular flexibility index (Phi) is 2.96. The number of carboxylic acids is 1. The first-order valence-electron chi connectivity index (χ1n) is 3.65. The highest BCUT2D eigenvalue weighted by Gasteiger charge is 2.12. The highest BCUT2D eigenvalue weighted by Crippen LogP contribution is 2.28. The predicted molar refractivity (Wildman–Crippen MR) is 52.0 cm³/mol. The summed E-state index contributed by atoms with van der Waals surface area (Å²) in [4.78, 5) is 13.3. The Labute approximate surface area is 84.6 Å². The fourth-order valence-corrected chi connectivity index (χ4v) is 1.35. The molecule has 1 aromatic carbocycles. The van der Waals surface area contributed by atoms with Gasteiger partial charge in [0, 0.05) is 9.93 Å². The molecule has 5 nitrogen and oxygen atoms in total. The van der Waals surface area contributed by atoms with Gasteiger partial charge in [-0.3, -0.25) is 0 Å². The molecule has 6 heteroatoms. The highest BCUT2D eigenvalue weighted by molar-refractivity contribution is 6.31. The van der Waals surface area contributed by atoms with Crippen molar-refractivity contribution in [3.05, 3.63) is 38.7 Å². The molecule has 0 aliphatic heterocycles. The largest absolute Gasteiger partial charge is 0.478 e. The summed E-state index contributed by atoms with van der Waals surface area (Å²) in [6.07, 6.45) is 0. The number of aromatic carboxylic acids is 1. The molecule has 1 N–H and O–H groups in total. The van der Waals surface area contributed by atoms with Crippen LogP contribution in [0.4, 0.5) is 5.69 Å². The molecule has 1 rings (SSSR count). The summed E-state index contributed by atoms with van der Waals surface area (Å²) in [5, 5.41) is 12.4. The van der Waals surface area contributed by atoms with Crippen LogP contribution in [0.25, 0.3) is 10.4 Å². The summed E-state index contributed by atoms with van der Waals surface area (Å²) in [7, 11) is 0. The molecule has 0 aliphatic rings. The second kappa shape index (κ2) is 4.00. The van der Waals surface area contributed by atoms with Crippen molar-refractivity contribution in [1.29, 1.82) is 0 Å². The summed E-state index contributed by atoms with van der Waals surface area (Å²) in [6.45, 7) is 1.63. The first kappa shape index (κ1) is 10.4. The van der Waals surface area contributed by atoms with E-state index in [1.807, 2.05) is 0 Å². The van der Waals surface area contributed by atoms with Crippen LogP contribution in [-0.2, 0) is 0 Å². The van der Waals surface area contributed by atoms with E-state index in [0.29, 0.717) is 10.6 Å². The zero-order chi connectivity index (χ0) is 10.7. The van der Waals surface area contributed by atoms with Crippen LogP contribution in [0, 0.1) is 6.92 Å². The minimum absolute atomic E-state index is 0.0900. The zero-order valence-electron chi connectivity index (χ0n) is 7.23. The molecular weight excluding hydrogens is 206 g/mol. The van der Waals surface area contributed by atoms with Crippen molar-refractivity contribution < 1.29 is 9.90 Å². The molecule has 0 unspecified atom stereocenters. The number of nitrogens with zero attached hydrogens (tertiary/aromatic N) is 3. The minimum atomic E-state index is -1.17. The second-order valence-electron chi connectivity index (χ2n) is 2.61. The van der Waals surface area contributed by atoms with Crippen molar-refractivity contribution in [2.75, 3.05) is 0 Å². The van der Waals surface area contributed by atoms with Gasteiger partial charge in [0.25, 0.3) is 0 Å². The fourth-order valence-electron chi connectivity index (χ4n) is 1.08. The van der Waals surface area contributed by atoms with E-state index in [9.17, 15) is 4.79 Å². The van der Waals surface area contributed by atoms with Gasteiger partial charge >= 0.3 is 5.97 Å². The normalized spacial score (nSPS) is 9.29. The van der Waals surface area contributed by atoms with Crippen molar-refractivity contribution in [2.45, 2.75) is 6.92 Å². The number of azide groups is 1. The van der Waals surface area contributed by atoms with Crippen molar-refractivity contribution in [2.24, 2.45) is 5.11 Å². The number of halogens is 1. The number of carbonyl (C=O) groups is 1. The molecule has 0 saturated heterocycles. The average molecular weight is 212 g/mol. The molecular formula is C8H6ClN3O2. The monoisotopic (exact) mass is 211 g/mol. The molecule has 0 atom stereocenters. The number of aryl methyl sites for hydroxylation is 1. The van der Waals surface area contributed by atoms with Crippen LogP contribution in [0.2, 0.25) is 5.02 Å². The summed E-state index contributed by atoms with van der Waals surface area (Å²) in [5.41, 5.74) is 8.80. The molecule has 0 bridgehead atoms. The van der Waals surface area contributed by atoms with Gasteiger partial charge in [0.1, 0.15) is 0 Å². The third-order valence-corrected chi connectivity index (χ3v) is 1.86. The maximum absolute atomic E-state index is 10.8. The number of benzene rings is 1. The lowest BCUT2D eigenvalue weighted by Gasteiger charge is -2.04. The maximum Gasteiger partial charge on any atom is 0.336 e. The lowest BCUT2D eigenvalue weighted by Crippen LogP contribution is -1.97. The molecule has 0 aliphatic carbocycles. The molecule has 0 aromatic heterocycles. The summed E-state index contributed by atoms with van der Waals surface area (Å²) in [5.74, 6) is -1.17. The minimum Gasteiger partial charge on any atom is -0.478 e. The lowest BCUT2D eigenvalue weighted by molar-refractivity contribution is 0.0697. The molecule has 1 aromatic rings. The van der Waals surface area contributed by atoms with E-state index in [1.165, 1.54) is 12.1 Å². The molecule has 0 fully saturated rings. The first-order valence-corrected chi connectivity index (χ1v) is 4.02. The zero-order valence-corrected chi connectivity index (χ0v) is 7.99. The van der Waals surface area contributed by atoms with Gasteiger partial charge in [-0.25, -0.2) is 4.79 Å². The Hall–Kier alpha value is -1.71. The summed E-state index contributed by atoms with van der Waals surface area (Å²) < 4.78 is 0. The van der Waals surface area contributed by atoms with Gasteiger partial charge < -0.3 is 5.11 Å². The molecule has 0 spiro atoms. The molecule has 0 radical (unpaired) electrons. The van der Waals surface area contributed by atoms with Crippen LogP contribution >= 0.6 is 11.6 Å². The third kappa shape index (κ3) is 1.96. The Morgan fingerprint density at radius 1 is 1.64 bits per heavy atom. The van der Waals surface area contributed by atoms with E-state index >= 15 is 0 Å². The number of carboxylic acid groups (broad SMARTS) is 1. The van der Waals surface area contributed by atoms with Crippen LogP contribution < -0.4 is 0 Å². The van der Waals surface area contributed by atoms with Crippen LogP contribution in [-0.4, -0.2) is 11.1 Å². The fraction of sp³-hybridized carbons (Fsp3) is 0.125. The van der Waals surface area contributed by atoms with Crippen LogP contribution in [0.15, 0.2) is 17.2 Å². The van der Waals surface area contributed by atoms with E-state index in [0.717, 1.165) is 0 Å². The molecule has 0 saturated carbocycles. The van der Waals surface area contributed by atoms with Crippen molar-refractivity contribution in [1.82, 2.24) is 0 Å². The van der Waals surface area contributed by atoms with Crippen LogP contribution in [0.1, 0.15) is 15.9 Å². The Morgan fingerprint density at radius 2 is 2.29 bits per heavy atom. The van der Waals surface area contributed by atoms with Gasteiger partial charge in [-0.2, -0.15) is 0 Å².